The van der Waals surface area contributed by atoms with E-state index in [0.29, 0.717) is 32.2 Å². The summed E-state index contributed by atoms with van der Waals surface area (Å²) in [5.41, 5.74) is 0.263. The molecule has 0 bridgehead atoms. The van der Waals surface area contributed by atoms with Crippen molar-refractivity contribution in [3.05, 3.63) is 29.6 Å². The van der Waals surface area contributed by atoms with Gasteiger partial charge in [-0.25, -0.2) is 4.39 Å². The van der Waals surface area contributed by atoms with Gasteiger partial charge in [-0.1, -0.05) is 0 Å². The number of aliphatic hydroxyl groups is 1. The number of rotatable bonds is 8. The maximum atomic E-state index is 13.5. The molecule has 18 heavy (non-hydrogen) atoms. The Morgan fingerprint density at radius 3 is 2.56 bits per heavy atom. The van der Waals surface area contributed by atoms with Crippen molar-refractivity contribution in [2.45, 2.75) is 13.0 Å². The average molecular weight is 258 g/mol. The topological polar surface area (TPSA) is 47.9 Å². The van der Waals surface area contributed by atoms with Crippen molar-refractivity contribution in [1.82, 2.24) is 0 Å². The molecule has 0 aliphatic rings. The molecule has 0 heterocycles. The molecule has 102 valence electrons. The van der Waals surface area contributed by atoms with Crippen LogP contribution in [0.15, 0.2) is 18.2 Å². The second-order valence-corrected chi connectivity index (χ2v) is 3.81. The van der Waals surface area contributed by atoms with E-state index in [0.717, 1.165) is 0 Å². The highest BCUT2D eigenvalue weighted by molar-refractivity contribution is 5.29. The summed E-state index contributed by atoms with van der Waals surface area (Å²) < 4.78 is 28.8. The van der Waals surface area contributed by atoms with E-state index in [1.807, 2.05) is 0 Å². The lowest BCUT2D eigenvalue weighted by molar-refractivity contribution is 0.0543. The zero-order valence-corrected chi connectivity index (χ0v) is 10.7. The summed E-state index contributed by atoms with van der Waals surface area (Å²) in [6, 6.07) is 4.40. The number of methoxy groups -OCH3 is 1. The van der Waals surface area contributed by atoms with Crippen LogP contribution in [-0.4, -0.2) is 38.6 Å². The lowest BCUT2D eigenvalue weighted by Gasteiger charge is -2.10. The number of aliphatic hydroxyl groups excluding tert-OH is 1. The minimum Gasteiger partial charge on any atom is -0.491 e. The molecular formula is C13H19FO4. The maximum absolute atomic E-state index is 13.5. The smallest absolute Gasteiger partial charge is 0.132 e. The molecule has 0 saturated heterocycles. The van der Waals surface area contributed by atoms with Crippen molar-refractivity contribution < 1.29 is 23.7 Å². The van der Waals surface area contributed by atoms with E-state index in [1.54, 1.807) is 13.2 Å². The predicted molar refractivity (Wildman–Crippen MR) is 65.2 cm³/mol. The first kappa shape index (κ1) is 14.9. The van der Waals surface area contributed by atoms with Crippen LogP contribution in [0.5, 0.6) is 5.75 Å². The Bertz CT molecular complexity index is 355. The minimum absolute atomic E-state index is 0.263. The Morgan fingerprint density at radius 1 is 1.22 bits per heavy atom. The van der Waals surface area contributed by atoms with Crippen molar-refractivity contribution >= 4 is 0 Å². The summed E-state index contributed by atoms with van der Waals surface area (Å²) in [5, 5.41) is 9.28. The Labute approximate surface area is 106 Å². The predicted octanol–water partition coefficient (Wildman–Crippen LogP) is 1.92. The molecule has 1 aromatic rings. The monoisotopic (exact) mass is 258 g/mol. The number of hydrogen-bond acceptors (Lipinski definition) is 4. The third-order valence-electron chi connectivity index (χ3n) is 2.35. The van der Waals surface area contributed by atoms with E-state index < -0.39 is 11.9 Å². The lowest BCUT2D eigenvalue weighted by atomic mass is 10.1. The molecule has 0 unspecified atom stereocenters. The van der Waals surface area contributed by atoms with Gasteiger partial charge in [0.25, 0.3) is 0 Å². The highest BCUT2D eigenvalue weighted by Crippen LogP contribution is 2.21. The molecule has 1 atom stereocenters. The molecule has 4 nitrogen and oxygen atoms in total. The third kappa shape index (κ3) is 5.00. The van der Waals surface area contributed by atoms with Crippen LogP contribution >= 0.6 is 0 Å². The fourth-order valence-corrected chi connectivity index (χ4v) is 1.40. The molecule has 1 rings (SSSR count). The Kier molecular flexibility index (Phi) is 6.64. The van der Waals surface area contributed by atoms with Crippen molar-refractivity contribution in [3.63, 3.8) is 0 Å². The normalized spacial score (nSPS) is 12.4. The maximum Gasteiger partial charge on any atom is 0.132 e. The van der Waals surface area contributed by atoms with Crippen LogP contribution in [0.1, 0.15) is 18.6 Å². The van der Waals surface area contributed by atoms with Gasteiger partial charge in [-0.2, -0.15) is 0 Å². The fourth-order valence-electron chi connectivity index (χ4n) is 1.40. The van der Waals surface area contributed by atoms with Gasteiger partial charge in [0.15, 0.2) is 0 Å². The van der Waals surface area contributed by atoms with E-state index in [1.165, 1.54) is 19.1 Å². The van der Waals surface area contributed by atoms with E-state index in [2.05, 4.69) is 0 Å². The van der Waals surface area contributed by atoms with Crippen molar-refractivity contribution in [2.75, 3.05) is 33.5 Å². The molecule has 0 aliphatic heterocycles. The Balaban J connectivity index is 2.33. The number of ether oxygens (including phenoxy) is 3. The minimum atomic E-state index is -0.823. The molecule has 5 heteroatoms. The van der Waals surface area contributed by atoms with Crippen LogP contribution in [0, 0.1) is 5.82 Å². The molecule has 0 aliphatic carbocycles. The molecule has 0 fully saturated rings. The molecule has 1 aromatic carbocycles. The van der Waals surface area contributed by atoms with Crippen LogP contribution < -0.4 is 4.74 Å². The zero-order chi connectivity index (χ0) is 13.4. The number of hydrogen-bond donors (Lipinski definition) is 1. The van der Waals surface area contributed by atoms with Crippen LogP contribution in [0.4, 0.5) is 4.39 Å². The van der Waals surface area contributed by atoms with Crippen LogP contribution in [0.2, 0.25) is 0 Å². The number of benzene rings is 1. The second kappa shape index (κ2) is 8.02. The fraction of sp³-hybridized carbons (Fsp3) is 0.538. The van der Waals surface area contributed by atoms with Gasteiger partial charge in [-0.15, -0.1) is 0 Å². The summed E-state index contributed by atoms with van der Waals surface area (Å²) >= 11 is 0. The Morgan fingerprint density at radius 2 is 1.94 bits per heavy atom. The summed E-state index contributed by atoms with van der Waals surface area (Å²) in [6.07, 6.45) is -0.823. The molecule has 0 spiro atoms. The van der Waals surface area contributed by atoms with Gasteiger partial charge >= 0.3 is 0 Å². The summed E-state index contributed by atoms with van der Waals surface area (Å²) in [4.78, 5) is 0. The molecule has 0 radical (unpaired) electrons. The molecular weight excluding hydrogens is 239 g/mol. The standard InChI is InChI=1S/C13H19FO4/c1-10(15)12-4-3-11(9-13(12)14)18-8-7-17-6-5-16-2/h3-4,9-10,15H,5-8H2,1-2H3/t10-/m0/s1. The van der Waals surface area contributed by atoms with Gasteiger partial charge in [-0.3, -0.25) is 0 Å². The highest BCUT2D eigenvalue weighted by atomic mass is 19.1. The molecule has 0 amide bonds. The average Bonchev–Trinajstić information content (AvgIpc) is 2.33. The largest absolute Gasteiger partial charge is 0.491 e. The summed E-state index contributed by atoms with van der Waals surface area (Å²) in [6.45, 7) is 3.33. The van der Waals surface area contributed by atoms with E-state index in [-0.39, 0.29) is 5.56 Å². The Hall–Kier alpha value is -1.17. The third-order valence-corrected chi connectivity index (χ3v) is 2.35. The van der Waals surface area contributed by atoms with Crippen LogP contribution in [0.3, 0.4) is 0 Å². The van der Waals surface area contributed by atoms with E-state index in [9.17, 15) is 9.50 Å². The number of halogens is 1. The first-order chi connectivity index (χ1) is 8.65. The second-order valence-electron chi connectivity index (χ2n) is 3.81. The lowest BCUT2D eigenvalue weighted by Crippen LogP contribution is -2.10. The van der Waals surface area contributed by atoms with E-state index >= 15 is 0 Å². The van der Waals surface area contributed by atoms with Gasteiger partial charge in [-0.05, 0) is 19.1 Å². The van der Waals surface area contributed by atoms with Crippen LogP contribution in [-0.2, 0) is 9.47 Å². The van der Waals surface area contributed by atoms with Gasteiger partial charge in [0.1, 0.15) is 18.2 Å². The molecule has 0 saturated carbocycles. The first-order valence-electron chi connectivity index (χ1n) is 5.82. The summed E-state index contributed by atoms with van der Waals surface area (Å²) in [5.74, 6) is -0.0463. The molecule has 1 N–H and O–H groups in total. The van der Waals surface area contributed by atoms with Crippen molar-refractivity contribution in [2.24, 2.45) is 0 Å². The van der Waals surface area contributed by atoms with Crippen LogP contribution in [0.25, 0.3) is 0 Å². The zero-order valence-electron chi connectivity index (χ0n) is 10.7. The summed E-state index contributed by atoms with van der Waals surface area (Å²) in [7, 11) is 1.60. The molecule has 0 aromatic heterocycles. The van der Waals surface area contributed by atoms with Gasteiger partial charge in [0, 0.05) is 18.7 Å². The van der Waals surface area contributed by atoms with Crippen molar-refractivity contribution in [1.29, 1.82) is 0 Å². The van der Waals surface area contributed by atoms with Crippen molar-refractivity contribution in [3.8, 4) is 5.75 Å². The van der Waals surface area contributed by atoms with Gasteiger partial charge < -0.3 is 19.3 Å². The SMILES string of the molecule is COCCOCCOc1ccc([C@H](C)O)c(F)c1. The quantitative estimate of drug-likeness (QED) is 0.724. The first-order valence-corrected chi connectivity index (χ1v) is 5.82. The van der Waals surface area contributed by atoms with Gasteiger partial charge in [0.05, 0.1) is 25.9 Å². The van der Waals surface area contributed by atoms with E-state index in [4.69, 9.17) is 14.2 Å². The highest BCUT2D eigenvalue weighted by Gasteiger charge is 2.08. The van der Waals surface area contributed by atoms with Gasteiger partial charge in [0.2, 0.25) is 0 Å².